The minimum Gasteiger partial charge on any atom is -0.351 e. The van der Waals surface area contributed by atoms with Gasteiger partial charge in [0, 0.05) is 6.54 Å². The number of carbonyl (C=O) groups is 1. The molecule has 3 N–H and O–H groups in total. The molecule has 0 spiro atoms. The first kappa shape index (κ1) is 7.65. The van der Waals surface area contributed by atoms with Gasteiger partial charge in [-0.3, -0.25) is 10.5 Å². The van der Waals surface area contributed by atoms with Gasteiger partial charge >= 0.3 is 0 Å². The first-order valence-corrected chi connectivity index (χ1v) is 3.31. The predicted octanol–water partition coefficient (Wildman–Crippen LogP) is -1.15. The maximum absolute atomic E-state index is 10.4. The SMILES string of the molecule is CC1NCCOC1(N)C=O. The lowest BCUT2D eigenvalue weighted by Crippen LogP contribution is -2.63. The topological polar surface area (TPSA) is 64.3 Å². The van der Waals surface area contributed by atoms with Crippen LogP contribution in [0.15, 0.2) is 0 Å². The molecule has 0 aliphatic carbocycles. The Bertz CT molecular complexity index is 140. The van der Waals surface area contributed by atoms with Crippen LogP contribution in [-0.4, -0.2) is 31.2 Å². The molecule has 1 aliphatic rings. The van der Waals surface area contributed by atoms with Crippen molar-refractivity contribution in [2.45, 2.75) is 18.7 Å². The largest absolute Gasteiger partial charge is 0.351 e. The second-order valence-corrected chi connectivity index (χ2v) is 2.50. The number of morpholine rings is 1. The summed E-state index contributed by atoms with van der Waals surface area (Å²) in [5, 5.41) is 3.04. The molecule has 0 bridgehead atoms. The summed E-state index contributed by atoms with van der Waals surface area (Å²) in [5.41, 5.74) is 4.44. The Hall–Kier alpha value is -0.450. The zero-order valence-electron chi connectivity index (χ0n) is 5.96. The van der Waals surface area contributed by atoms with Crippen molar-refractivity contribution in [2.24, 2.45) is 5.73 Å². The van der Waals surface area contributed by atoms with Crippen LogP contribution in [0.25, 0.3) is 0 Å². The summed E-state index contributed by atoms with van der Waals surface area (Å²) in [6, 6.07) is -0.0984. The second-order valence-electron chi connectivity index (χ2n) is 2.50. The molecule has 0 aromatic heterocycles. The maximum Gasteiger partial charge on any atom is 0.188 e. The standard InChI is InChI=1S/C6H12N2O2/c1-5-6(7,4-9)10-3-2-8-5/h4-5,8H,2-3,7H2,1H3. The molecule has 1 heterocycles. The smallest absolute Gasteiger partial charge is 0.188 e. The quantitative estimate of drug-likeness (QED) is 0.456. The van der Waals surface area contributed by atoms with E-state index in [0.717, 1.165) is 6.54 Å². The molecule has 2 atom stereocenters. The van der Waals surface area contributed by atoms with Crippen molar-refractivity contribution in [3.05, 3.63) is 0 Å². The molecular formula is C6H12N2O2. The van der Waals surface area contributed by atoms with E-state index in [-0.39, 0.29) is 6.04 Å². The molecule has 1 fully saturated rings. The normalized spacial score (nSPS) is 41.2. The fraction of sp³-hybridized carbons (Fsp3) is 0.833. The van der Waals surface area contributed by atoms with Crippen LogP contribution in [0.1, 0.15) is 6.92 Å². The molecule has 0 amide bonds. The number of ether oxygens (including phenoxy) is 1. The molecule has 0 radical (unpaired) electrons. The molecule has 10 heavy (non-hydrogen) atoms. The van der Waals surface area contributed by atoms with E-state index in [1.165, 1.54) is 0 Å². The van der Waals surface area contributed by atoms with Crippen LogP contribution in [0.5, 0.6) is 0 Å². The third-order valence-corrected chi connectivity index (χ3v) is 1.77. The maximum atomic E-state index is 10.4. The van der Waals surface area contributed by atoms with E-state index in [1.807, 2.05) is 6.92 Å². The molecule has 4 nitrogen and oxygen atoms in total. The molecule has 1 rings (SSSR count). The van der Waals surface area contributed by atoms with Crippen LogP contribution in [0.3, 0.4) is 0 Å². The molecule has 1 saturated heterocycles. The van der Waals surface area contributed by atoms with Crippen molar-refractivity contribution in [1.82, 2.24) is 5.32 Å². The van der Waals surface area contributed by atoms with E-state index < -0.39 is 5.72 Å². The summed E-state index contributed by atoms with van der Waals surface area (Å²) < 4.78 is 5.07. The third-order valence-electron chi connectivity index (χ3n) is 1.77. The van der Waals surface area contributed by atoms with Crippen molar-refractivity contribution < 1.29 is 9.53 Å². The van der Waals surface area contributed by atoms with Gasteiger partial charge in [-0.05, 0) is 6.92 Å². The van der Waals surface area contributed by atoms with Crippen molar-refractivity contribution in [2.75, 3.05) is 13.2 Å². The zero-order valence-corrected chi connectivity index (χ0v) is 5.96. The van der Waals surface area contributed by atoms with Crippen LogP contribution < -0.4 is 11.1 Å². The van der Waals surface area contributed by atoms with Crippen molar-refractivity contribution >= 4 is 6.29 Å². The second kappa shape index (κ2) is 2.65. The van der Waals surface area contributed by atoms with E-state index >= 15 is 0 Å². The van der Waals surface area contributed by atoms with E-state index in [0.29, 0.717) is 12.9 Å². The van der Waals surface area contributed by atoms with Crippen LogP contribution in [0.2, 0.25) is 0 Å². The van der Waals surface area contributed by atoms with E-state index in [1.54, 1.807) is 0 Å². The van der Waals surface area contributed by atoms with E-state index in [2.05, 4.69) is 5.32 Å². The van der Waals surface area contributed by atoms with E-state index in [9.17, 15) is 4.79 Å². The van der Waals surface area contributed by atoms with Gasteiger partial charge in [-0.1, -0.05) is 0 Å². The molecule has 4 heteroatoms. The Labute approximate surface area is 59.7 Å². The van der Waals surface area contributed by atoms with Crippen LogP contribution in [0.4, 0.5) is 0 Å². The van der Waals surface area contributed by atoms with Crippen LogP contribution in [-0.2, 0) is 9.53 Å². The summed E-state index contributed by atoms with van der Waals surface area (Å²) in [5.74, 6) is 0. The Morgan fingerprint density at radius 1 is 1.90 bits per heavy atom. The van der Waals surface area contributed by atoms with Crippen molar-refractivity contribution in [3.8, 4) is 0 Å². The summed E-state index contributed by atoms with van der Waals surface area (Å²) in [6.07, 6.45) is 0.643. The summed E-state index contributed by atoms with van der Waals surface area (Å²) in [6.45, 7) is 3.08. The lowest BCUT2D eigenvalue weighted by Gasteiger charge is -2.35. The van der Waals surface area contributed by atoms with Gasteiger partial charge in [0.1, 0.15) is 0 Å². The van der Waals surface area contributed by atoms with Gasteiger partial charge in [0.25, 0.3) is 0 Å². The fourth-order valence-corrected chi connectivity index (χ4v) is 0.924. The first-order valence-electron chi connectivity index (χ1n) is 3.31. The number of rotatable bonds is 1. The Kier molecular flexibility index (Phi) is 2.03. The summed E-state index contributed by atoms with van der Waals surface area (Å²) >= 11 is 0. The fourth-order valence-electron chi connectivity index (χ4n) is 0.924. The Morgan fingerprint density at radius 3 is 3.00 bits per heavy atom. The molecule has 2 unspecified atom stereocenters. The molecule has 1 aliphatic heterocycles. The van der Waals surface area contributed by atoms with Gasteiger partial charge in [-0.15, -0.1) is 0 Å². The minimum atomic E-state index is -1.11. The van der Waals surface area contributed by atoms with Gasteiger partial charge < -0.3 is 10.1 Å². The molecule has 0 aromatic carbocycles. The highest BCUT2D eigenvalue weighted by Crippen LogP contribution is 2.09. The van der Waals surface area contributed by atoms with Crippen molar-refractivity contribution in [3.63, 3.8) is 0 Å². The van der Waals surface area contributed by atoms with Crippen molar-refractivity contribution in [1.29, 1.82) is 0 Å². The van der Waals surface area contributed by atoms with Gasteiger partial charge in [0.15, 0.2) is 12.0 Å². The highest BCUT2D eigenvalue weighted by molar-refractivity contribution is 5.62. The highest BCUT2D eigenvalue weighted by atomic mass is 16.5. The van der Waals surface area contributed by atoms with Crippen LogP contribution >= 0.6 is 0 Å². The lowest BCUT2D eigenvalue weighted by molar-refractivity contribution is -0.139. The van der Waals surface area contributed by atoms with Gasteiger partial charge in [0.05, 0.1) is 12.6 Å². The monoisotopic (exact) mass is 144 g/mol. The highest BCUT2D eigenvalue weighted by Gasteiger charge is 2.34. The average molecular weight is 144 g/mol. The number of nitrogens with two attached hydrogens (primary N) is 1. The molecule has 58 valence electrons. The number of aldehydes is 1. The zero-order chi connectivity index (χ0) is 7.61. The average Bonchev–Trinajstić information content (AvgIpc) is 1.96. The van der Waals surface area contributed by atoms with Gasteiger partial charge in [-0.25, -0.2) is 0 Å². The molecular weight excluding hydrogens is 132 g/mol. The predicted molar refractivity (Wildman–Crippen MR) is 36.4 cm³/mol. The lowest BCUT2D eigenvalue weighted by atomic mass is 10.1. The Balaban J connectivity index is 2.62. The first-order chi connectivity index (χ1) is 4.69. The minimum absolute atomic E-state index is 0.0984. The van der Waals surface area contributed by atoms with E-state index in [4.69, 9.17) is 10.5 Å². The number of hydrogen-bond acceptors (Lipinski definition) is 4. The molecule has 0 aromatic rings. The van der Waals surface area contributed by atoms with Gasteiger partial charge in [0.2, 0.25) is 0 Å². The third kappa shape index (κ3) is 1.18. The van der Waals surface area contributed by atoms with Gasteiger partial charge in [-0.2, -0.15) is 0 Å². The molecule has 0 saturated carbocycles. The number of carbonyl (C=O) groups excluding carboxylic acids is 1. The number of hydrogen-bond donors (Lipinski definition) is 2. The summed E-state index contributed by atoms with van der Waals surface area (Å²) in [7, 11) is 0. The number of nitrogens with one attached hydrogen (secondary N) is 1. The summed E-state index contributed by atoms with van der Waals surface area (Å²) in [4.78, 5) is 10.4. The Morgan fingerprint density at radius 2 is 2.60 bits per heavy atom. The van der Waals surface area contributed by atoms with Crippen LogP contribution in [0, 0.1) is 0 Å².